The number of hydrogen-bond donors (Lipinski definition) is 0. The van der Waals surface area contributed by atoms with Gasteiger partial charge in [-0.1, -0.05) is 12.1 Å². The van der Waals surface area contributed by atoms with Crippen LogP contribution in [0.5, 0.6) is 11.5 Å². The second kappa shape index (κ2) is 9.41. The number of ether oxygens (including phenoxy) is 2. The molecule has 5 nitrogen and oxygen atoms in total. The predicted octanol–water partition coefficient (Wildman–Crippen LogP) is 3.66. The van der Waals surface area contributed by atoms with Gasteiger partial charge in [0.25, 0.3) is 5.91 Å². The Bertz CT molecular complexity index is 797. The maximum atomic E-state index is 12.9. The zero-order chi connectivity index (χ0) is 19.2. The van der Waals surface area contributed by atoms with Crippen molar-refractivity contribution in [2.75, 3.05) is 40.4 Å². The standard InChI is InChI=1S/C21H25IN2O3/c1-26-19-8-7-17(14-20(19)27-2)21(25)24-10-4-9-23(11-12-24)15-16-5-3-6-18(22)13-16/h3,5-8,13-14H,4,9-12,15H2,1-2H3. The molecule has 0 aromatic heterocycles. The van der Waals surface area contributed by atoms with Gasteiger partial charge in [0, 0.05) is 41.9 Å². The van der Waals surface area contributed by atoms with Crippen molar-refractivity contribution in [1.29, 1.82) is 0 Å². The van der Waals surface area contributed by atoms with Crippen molar-refractivity contribution >= 4 is 28.5 Å². The summed E-state index contributed by atoms with van der Waals surface area (Å²) in [7, 11) is 3.18. The van der Waals surface area contributed by atoms with Crippen LogP contribution in [-0.2, 0) is 6.54 Å². The Balaban J connectivity index is 1.64. The van der Waals surface area contributed by atoms with E-state index < -0.39 is 0 Å². The van der Waals surface area contributed by atoms with E-state index >= 15 is 0 Å². The highest BCUT2D eigenvalue weighted by Crippen LogP contribution is 2.28. The molecule has 0 aliphatic carbocycles. The first-order valence-corrected chi connectivity index (χ1v) is 10.2. The Labute approximate surface area is 174 Å². The highest BCUT2D eigenvalue weighted by Gasteiger charge is 2.21. The molecule has 0 saturated carbocycles. The van der Waals surface area contributed by atoms with Gasteiger partial charge in [0.1, 0.15) is 0 Å². The van der Waals surface area contributed by atoms with Crippen molar-refractivity contribution in [3.05, 3.63) is 57.2 Å². The smallest absolute Gasteiger partial charge is 0.254 e. The Morgan fingerprint density at radius 1 is 1.00 bits per heavy atom. The molecule has 1 amide bonds. The van der Waals surface area contributed by atoms with Crippen LogP contribution >= 0.6 is 22.6 Å². The molecule has 2 aromatic carbocycles. The molecular weight excluding hydrogens is 455 g/mol. The summed E-state index contributed by atoms with van der Waals surface area (Å²) in [5.74, 6) is 1.26. The van der Waals surface area contributed by atoms with Gasteiger partial charge in [0.2, 0.25) is 0 Å². The van der Waals surface area contributed by atoms with E-state index in [1.54, 1.807) is 32.4 Å². The first-order chi connectivity index (χ1) is 13.1. The van der Waals surface area contributed by atoms with Gasteiger partial charge in [-0.2, -0.15) is 0 Å². The van der Waals surface area contributed by atoms with Crippen molar-refractivity contribution in [3.63, 3.8) is 0 Å². The molecule has 1 aliphatic heterocycles. The van der Waals surface area contributed by atoms with Gasteiger partial charge in [-0.15, -0.1) is 0 Å². The van der Waals surface area contributed by atoms with Crippen LogP contribution in [0.25, 0.3) is 0 Å². The van der Waals surface area contributed by atoms with Crippen molar-refractivity contribution < 1.29 is 14.3 Å². The Kier molecular flexibility index (Phi) is 6.95. The fraction of sp³-hybridized carbons (Fsp3) is 0.381. The summed E-state index contributed by atoms with van der Waals surface area (Å²) < 4.78 is 11.8. The van der Waals surface area contributed by atoms with Crippen LogP contribution in [0, 0.1) is 3.57 Å². The third-order valence-corrected chi connectivity index (χ3v) is 5.47. The Hall–Kier alpha value is -1.80. The van der Waals surface area contributed by atoms with E-state index in [1.165, 1.54) is 9.13 Å². The monoisotopic (exact) mass is 480 g/mol. The van der Waals surface area contributed by atoms with Gasteiger partial charge >= 0.3 is 0 Å². The minimum atomic E-state index is 0.0482. The molecule has 3 rings (SSSR count). The van der Waals surface area contributed by atoms with Crippen molar-refractivity contribution in [2.45, 2.75) is 13.0 Å². The fourth-order valence-electron chi connectivity index (χ4n) is 3.38. The molecule has 1 aliphatic rings. The summed E-state index contributed by atoms with van der Waals surface area (Å²) in [6.07, 6.45) is 0.975. The summed E-state index contributed by atoms with van der Waals surface area (Å²) in [4.78, 5) is 17.3. The highest BCUT2D eigenvalue weighted by molar-refractivity contribution is 14.1. The summed E-state index contributed by atoms with van der Waals surface area (Å²) in [6.45, 7) is 4.31. The van der Waals surface area contributed by atoms with Crippen LogP contribution in [0.4, 0.5) is 0 Å². The zero-order valence-electron chi connectivity index (χ0n) is 15.8. The summed E-state index contributed by atoms with van der Waals surface area (Å²) in [5.41, 5.74) is 1.96. The van der Waals surface area contributed by atoms with Gasteiger partial charge in [-0.05, 0) is 64.9 Å². The van der Waals surface area contributed by atoms with Crippen LogP contribution in [0.2, 0.25) is 0 Å². The van der Waals surface area contributed by atoms with E-state index in [2.05, 4.69) is 51.8 Å². The SMILES string of the molecule is COc1ccc(C(=O)N2CCCN(Cc3cccc(I)c3)CC2)cc1OC. The van der Waals surface area contributed by atoms with Gasteiger partial charge < -0.3 is 14.4 Å². The van der Waals surface area contributed by atoms with Crippen LogP contribution in [-0.4, -0.2) is 56.1 Å². The Morgan fingerprint density at radius 2 is 1.81 bits per heavy atom. The minimum Gasteiger partial charge on any atom is -0.493 e. The maximum Gasteiger partial charge on any atom is 0.254 e. The molecular formula is C21H25IN2O3. The number of methoxy groups -OCH3 is 2. The van der Waals surface area contributed by atoms with Crippen molar-refractivity contribution in [3.8, 4) is 11.5 Å². The highest BCUT2D eigenvalue weighted by atomic mass is 127. The van der Waals surface area contributed by atoms with E-state index in [0.717, 1.165) is 39.1 Å². The molecule has 0 N–H and O–H groups in total. The second-order valence-electron chi connectivity index (χ2n) is 6.62. The van der Waals surface area contributed by atoms with Crippen molar-refractivity contribution in [1.82, 2.24) is 9.80 Å². The van der Waals surface area contributed by atoms with Gasteiger partial charge in [-0.3, -0.25) is 9.69 Å². The molecule has 27 heavy (non-hydrogen) atoms. The predicted molar refractivity (Wildman–Crippen MR) is 115 cm³/mol. The lowest BCUT2D eigenvalue weighted by Gasteiger charge is -2.22. The summed E-state index contributed by atoms with van der Waals surface area (Å²) >= 11 is 2.35. The number of rotatable bonds is 5. The molecule has 1 saturated heterocycles. The van der Waals surface area contributed by atoms with Gasteiger partial charge in [-0.25, -0.2) is 0 Å². The molecule has 0 radical (unpaired) electrons. The maximum absolute atomic E-state index is 12.9. The number of nitrogens with zero attached hydrogens (tertiary/aromatic N) is 2. The molecule has 0 atom stereocenters. The lowest BCUT2D eigenvalue weighted by Crippen LogP contribution is -2.35. The lowest BCUT2D eigenvalue weighted by molar-refractivity contribution is 0.0760. The third-order valence-electron chi connectivity index (χ3n) is 4.80. The second-order valence-corrected chi connectivity index (χ2v) is 7.87. The number of carbonyl (C=O) groups is 1. The lowest BCUT2D eigenvalue weighted by atomic mass is 10.1. The molecule has 0 bridgehead atoms. The number of amides is 1. The minimum absolute atomic E-state index is 0.0482. The zero-order valence-corrected chi connectivity index (χ0v) is 17.9. The molecule has 144 valence electrons. The number of carbonyl (C=O) groups excluding carboxylic acids is 1. The number of halogens is 1. The van der Waals surface area contributed by atoms with E-state index in [0.29, 0.717) is 17.1 Å². The van der Waals surface area contributed by atoms with E-state index in [1.807, 2.05) is 4.90 Å². The number of benzene rings is 2. The third kappa shape index (κ3) is 5.13. The first-order valence-electron chi connectivity index (χ1n) is 9.09. The van der Waals surface area contributed by atoms with E-state index in [-0.39, 0.29) is 5.91 Å². The van der Waals surface area contributed by atoms with Crippen molar-refractivity contribution in [2.24, 2.45) is 0 Å². The fourth-order valence-corrected chi connectivity index (χ4v) is 3.99. The molecule has 0 unspecified atom stereocenters. The molecule has 6 heteroatoms. The van der Waals surface area contributed by atoms with E-state index in [9.17, 15) is 4.79 Å². The Morgan fingerprint density at radius 3 is 2.56 bits per heavy atom. The molecule has 0 spiro atoms. The summed E-state index contributed by atoms with van der Waals surface area (Å²) in [6, 6.07) is 13.9. The average molecular weight is 480 g/mol. The average Bonchev–Trinajstić information content (AvgIpc) is 2.92. The number of hydrogen-bond acceptors (Lipinski definition) is 4. The normalized spacial score (nSPS) is 15.3. The quantitative estimate of drug-likeness (QED) is 0.613. The molecule has 2 aromatic rings. The van der Waals surface area contributed by atoms with E-state index in [4.69, 9.17) is 9.47 Å². The topological polar surface area (TPSA) is 42.0 Å². The van der Waals surface area contributed by atoms with Gasteiger partial charge in [0.05, 0.1) is 14.2 Å². The molecule has 1 fully saturated rings. The van der Waals surface area contributed by atoms with Crippen LogP contribution in [0.15, 0.2) is 42.5 Å². The van der Waals surface area contributed by atoms with Gasteiger partial charge in [0.15, 0.2) is 11.5 Å². The first kappa shape index (κ1) is 19.9. The molecule has 1 heterocycles. The van der Waals surface area contributed by atoms with Crippen LogP contribution in [0.1, 0.15) is 22.3 Å². The van der Waals surface area contributed by atoms with Crippen LogP contribution in [0.3, 0.4) is 0 Å². The largest absolute Gasteiger partial charge is 0.493 e. The summed E-state index contributed by atoms with van der Waals surface area (Å²) in [5, 5.41) is 0. The van der Waals surface area contributed by atoms with Crippen LogP contribution < -0.4 is 9.47 Å².